The standard InChI is InChI=1S/C25H30FNO2/c1-25-13-19(15-4-9-22(27-2)21(26)12-15)24-17-7-5-16(28)11-14(17)3-6-18(24)20(25)8-10-23(25)29/h4,9,11-12,18-20,23,27,29H,3,5-8,10,13H2,1-2H3. The number of fused-ring (bicyclic) bond motifs is 4. The topological polar surface area (TPSA) is 49.3 Å². The molecule has 2 saturated carbocycles. The molecule has 0 aromatic heterocycles. The fourth-order valence-corrected chi connectivity index (χ4v) is 6.88. The van der Waals surface area contributed by atoms with Crippen LogP contribution in [-0.2, 0) is 4.79 Å². The van der Waals surface area contributed by atoms with Crippen molar-refractivity contribution in [2.45, 2.75) is 63.9 Å². The lowest BCUT2D eigenvalue weighted by Gasteiger charge is -2.52. The molecule has 0 radical (unpaired) electrons. The van der Waals surface area contributed by atoms with E-state index in [1.807, 2.05) is 18.2 Å². The first-order valence-electron chi connectivity index (χ1n) is 11.0. The highest BCUT2D eigenvalue weighted by molar-refractivity contribution is 5.93. The molecular weight excluding hydrogens is 365 g/mol. The second kappa shape index (κ2) is 6.80. The molecule has 154 valence electrons. The predicted octanol–water partition coefficient (Wildman–Crippen LogP) is 5.13. The molecule has 0 heterocycles. The van der Waals surface area contributed by atoms with Gasteiger partial charge in [0.05, 0.1) is 11.8 Å². The van der Waals surface area contributed by atoms with Gasteiger partial charge in [0.2, 0.25) is 0 Å². The van der Waals surface area contributed by atoms with Gasteiger partial charge in [-0.15, -0.1) is 0 Å². The van der Waals surface area contributed by atoms with Crippen molar-refractivity contribution in [3.63, 3.8) is 0 Å². The van der Waals surface area contributed by atoms with Gasteiger partial charge in [-0.3, -0.25) is 4.79 Å². The highest BCUT2D eigenvalue weighted by Crippen LogP contribution is 2.63. The third-order valence-corrected chi connectivity index (χ3v) is 8.35. The Balaban J connectivity index is 1.67. The van der Waals surface area contributed by atoms with Crippen molar-refractivity contribution in [3.05, 3.63) is 52.4 Å². The Kier molecular flexibility index (Phi) is 4.47. The van der Waals surface area contributed by atoms with Crippen molar-refractivity contribution in [3.8, 4) is 0 Å². The fraction of sp³-hybridized carbons (Fsp3) is 0.560. The second-order valence-electron chi connectivity index (χ2n) is 9.67. The number of anilines is 1. The maximum absolute atomic E-state index is 14.7. The number of carbonyl (C=O) groups excluding carboxylic acids is 1. The van der Waals surface area contributed by atoms with Crippen molar-refractivity contribution >= 4 is 11.5 Å². The van der Waals surface area contributed by atoms with E-state index in [0.717, 1.165) is 44.1 Å². The van der Waals surface area contributed by atoms with Gasteiger partial charge in [0.1, 0.15) is 5.82 Å². The maximum Gasteiger partial charge on any atom is 0.156 e. The van der Waals surface area contributed by atoms with Crippen molar-refractivity contribution < 1.29 is 14.3 Å². The van der Waals surface area contributed by atoms with Gasteiger partial charge >= 0.3 is 0 Å². The first-order valence-corrected chi connectivity index (χ1v) is 11.0. The van der Waals surface area contributed by atoms with E-state index in [4.69, 9.17) is 0 Å². The van der Waals surface area contributed by atoms with Crippen molar-refractivity contribution in [2.24, 2.45) is 17.3 Å². The lowest BCUT2D eigenvalue weighted by atomic mass is 9.53. The van der Waals surface area contributed by atoms with Gasteiger partial charge in [-0.25, -0.2) is 4.39 Å². The molecule has 0 saturated heterocycles. The SMILES string of the molecule is CNc1ccc(C2CC3(C)C(O)CCC3C3CCC4=CC(=O)CCC4=C23)cc1F. The average molecular weight is 396 g/mol. The van der Waals surface area contributed by atoms with Crippen LogP contribution in [0, 0.1) is 23.1 Å². The summed E-state index contributed by atoms with van der Waals surface area (Å²) in [5, 5.41) is 13.8. The third-order valence-electron chi connectivity index (χ3n) is 8.35. The fourth-order valence-electron chi connectivity index (χ4n) is 6.88. The Morgan fingerprint density at radius 2 is 2.00 bits per heavy atom. The number of allylic oxidation sites excluding steroid dienone is 4. The minimum absolute atomic E-state index is 0.112. The molecule has 5 unspecified atom stereocenters. The van der Waals surface area contributed by atoms with E-state index in [0.29, 0.717) is 23.9 Å². The highest BCUT2D eigenvalue weighted by Gasteiger charge is 2.56. The summed E-state index contributed by atoms with van der Waals surface area (Å²) in [5.41, 5.74) is 5.42. The molecule has 0 amide bonds. The number of ketones is 1. The number of nitrogens with one attached hydrogen (secondary N) is 1. The Bertz CT molecular complexity index is 933. The summed E-state index contributed by atoms with van der Waals surface area (Å²) in [6.45, 7) is 2.25. The number of carbonyl (C=O) groups is 1. The van der Waals surface area contributed by atoms with Gasteiger partial charge < -0.3 is 10.4 Å². The summed E-state index contributed by atoms with van der Waals surface area (Å²) in [6.07, 6.45) is 7.76. The van der Waals surface area contributed by atoms with Crippen molar-refractivity contribution in [1.82, 2.24) is 0 Å². The highest BCUT2D eigenvalue weighted by atomic mass is 19.1. The molecule has 3 nitrogen and oxygen atoms in total. The predicted molar refractivity (Wildman–Crippen MR) is 112 cm³/mol. The van der Waals surface area contributed by atoms with Crippen LogP contribution >= 0.6 is 0 Å². The van der Waals surface area contributed by atoms with Crippen LogP contribution in [0.1, 0.15) is 63.4 Å². The van der Waals surface area contributed by atoms with Crippen LogP contribution in [0.4, 0.5) is 10.1 Å². The summed E-state index contributed by atoms with van der Waals surface area (Å²) < 4.78 is 14.7. The van der Waals surface area contributed by atoms with Crippen LogP contribution in [0.15, 0.2) is 41.0 Å². The van der Waals surface area contributed by atoms with Crippen molar-refractivity contribution in [1.29, 1.82) is 0 Å². The van der Waals surface area contributed by atoms with Gasteiger partial charge in [0, 0.05) is 19.4 Å². The first kappa shape index (κ1) is 19.0. The van der Waals surface area contributed by atoms with E-state index in [-0.39, 0.29) is 29.0 Å². The van der Waals surface area contributed by atoms with E-state index in [2.05, 4.69) is 12.2 Å². The minimum Gasteiger partial charge on any atom is -0.393 e. The van der Waals surface area contributed by atoms with Crippen LogP contribution < -0.4 is 5.32 Å². The molecule has 0 bridgehead atoms. The zero-order valence-electron chi connectivity index (χ0n) is 17.3. The number of hydrogen-bond acceptors (Lipinski definition) is 3. The van der Waals surface area contributed by atoms with Crippen molar-refractivity contribution in [2.75, 3.05) is 12.4 Å². The Labute approximate surface area is 172 Å². The Hall–Kier alpha value is -1.94. The Morgan fingerprint density at radius 3 is 2.76 bits per heavy atom. The van der Waals surface area contributed by atoms with E-state index in [1.54, 1.807) is 13.1 Å². The lowest BCUT2D eigenvalue weighted by Crippen LogP contribution is -2.45. The molecule has 5 rings (SSSR count). The quantitative estimate of drug-likeness (QED) is 0.730. The molecule has 29 heavy (non-hydrogen) atoms. The maximum atomic E-state index is 14.7. The van der Waals surface area contributed by atoms with Gasteiger partial charge in [0.15, 0.2) is 5.78 Å². The molecule has 0 spiro atoms. The van der Waals surface area contributed by atoms with Crippen LogP contribution in [-0.4, -0.2) is 24.0 Å². The number of aliphatic hydroxyl groups excluding tert-OH is 1. The third kappa shape index (κ3) is 2.83. The molecule has 1 aromatic carbocycles. The molecule has 5 atom stereocenters. The molecular formula is C25H30FNO2. The number of benzene rings is 1. The van der Waals surface area contributed by atoms with Crippen LogP contribution in [0.3, 0.4) is 0 Å². The summed E-state index contributed by atoms with van der Waals surface area (Å²) in [4.78, 5) is 12.0. The summed E-state index contributed by atoms with van der Waals surface area (Å²) in [6, 6.07) is 5.55. The molecule has 4 aliphatic carbocycles. The smallest absolute Gasteiger partial charge is 0.156 e. The number of halogens is 1. The number of rotatable bonds is 2. The molecule has 2 N–H and O–H groups in total. The van der Waals surface area contributed by atoms with Gasteiger partial charge in [-0.1, -0.05) is 18.6 Å². The molecule has 0 aliphatic heterocycles. The molecule has 4 aliphatic rings. The zero-order valence-corrected chi connectivity index (χ0v) is 17.3. The van der Waals surface area contributed by atoms with Gasteiger partial charge in [-0.05, 0) is 90.7 Å². The van der Waals surface area contributed by atoms with Crippen LogP contribution in [0.5, 0.6) is 0 Å². The molecule has 4 heteroatoms. The number of aliphatic hydroxyl groups is 1. The van der Waals surface area contributed by atoms with Gasteiger partial charge in [0.25, 0.3) is 0 Å². The normalized spacial score (nSPS) is 36.3. The van der Waals surface area contributed by atoms with E-state index >= 15 is 0 Å². The average Bonchev–Trinajstić information content (AvgIpc) is 3.01. The van der Waals surface area contributed by atoms with E-state index in [9.17, 15) is 14.3 Å². The van der Waals surface area contributed by atoms with E-state index < -0.39 is 0 Å². The zero-order chi connectivity index (χ0) is 20.3. The Morgan fingerprint density at radius 1 is 1.17 bits per heavy atom. The number of hydrogen-bond donors (Lipinski definition) is 2. The molecule has 1 aromatic rings. The summed E-state index contributed by atoms with van der Waals surface area (Å²) in [7, 11) is 1.73. The first-order chi connectivity index (χ1) is 13.9. The van der Waals surface area contributed by atoms with Crippen LogP contribution in [0.2, 0.25) is 0 Å². The monoisotopic (exact) mass is 395 g/mol. The lowest BCUT2D eigenvalue weighted by molar-refractivity contribution is -0.114. The van der Waals surface area contributed by atoms with Crippen LogP contribution in [0.25, 0.3) is 0 Å². The summed E-state index contributed by atoms with van der Waals surface area (Å²) in [5.74, 6) is 1.04. The largest absolute Gasteiger partial charge is 0.393 e. The summed E-state index contributed by atoms with van der Waals surface area (Å²) >= 11 is 0. The second-order valence-corrected chi connectivity index (χ2v) is 9.67. The minimum atomic E-state index is -0.284. The van der Waals surface area contributed by atoms with Gasteiger partial charge in [-0.2, -0.15) is 0 Å². The van der Waals surface area contributed by atoms with E-state index in [1.165, 1.54) is 16.7 Å². The molecule has 2 fully saturated rings.